The Morgan fingerprint density at radius 2 is 2.00 bits per heavy atom. The summed E-state index contributed by atoms with van der Waals surface area (Å²) in [5.74, 6) is 0. The highest BCUT2D eigenvalue weighted by atomic mass is 32.2. The van der Waals surface area contributed by atoms with Gasteiger partial charge in [-0.3, -0.25) is 0 Å². The Balaban J connectivity index is 2.27. The fraction of sp³-hybridized carbons (Fsp3) is 0.333. The number of rotatable bonds is 3. The smallest absolute Gasteiger partial charge is 0.248 e. The summed E-state index contributed by atoms with van der Waals surface area (Å²) >= 11 is 0. The lowest BCUT2D eigenvalue weighted by Crippen LogP contribution is -2.38. The zero-order valence-electron chi connectivity index (χ0n) is 13.6. The van der Waals surface area contributed by atoms with E-state index < -0.39 is 14.8 Å². The highest BCUT2D eigenvalue weighted by molar-refractivity contribution is 7.91. The molecule has 0 aliphatic heterocycles. The van der Waals surface area contributed by atoms with Crippen molar-refractivity contribution in [3.05, 3.63) is 59.3 Å². The number of fused-ring (bicyclic) bond motifs is 1. The van der Waals surface area contributed by atoms with Crippen molar-refractivity contribution in [2.24, 2.45) is 0 Å². The molecule has 0 saturated carbocycles. The van der Waals surface area contributed by atoms with Gasteiger partial charge in [-0.05, 0) is 44.4 Å². The third-order valence-corrected chi connectivity index (χ3v) is 6.85. The van der Waals surface area contributed by atoms with Crippen molar-refractivity contribution in [3.63, 3.8) is 0 Å². The molecule has 1 aromatic heterocycles. The van der Waals surface area contributed by atoms with Crippen LogP contribution in [0.4, 0.5) is 0 Å². The van der Waals surface area contributed by atoms with Gasteiger partial charge in [0.2, 0.25) is 10.0 Å². The first kappa shape index (κ1) is 16.0. The van der Waals surface area contributed by atoms with Gasteiger partial charge in [0, 0.05) is 11.6 Å². The summed E-state index contributed by atoms with van der Waals surface area (Å²) in [7, 11) is -3.62. The molecule has 1 atom stereocenters. The molecule has 0 saturated heterocycles. The molecular weight excluding hydrogens is 310 g/mol. The molecule has 4 nitrogen and oxygen atoms in total. The molecule has 1 unspecified atom stereocenters. The van der Waals surface area contributed by atoms with Crippen LogP contribution in [0.2, 0.25) is 0 Å². The van der Waals surface area contributed by atoms with Gasteiger partial charge < -0.3 is 5.11 Å². The second-order valence-electron chi connectivity index (χ2n) is 6.39. The number of nitrogens with zero attached hydrogens (tertiary/aromatic N) is 1. The van der Waals surface area contributed by atoms with E-state index in [-0.39, 0.29) is 6.61 Å². The second kappa shape index (κ2) is 5.35. The monoisotopic (exact) mass is 331 g/mol. The third-order valence-electron chi connectivity index (χ3n) is 4.56. The van der Waals surface area contributed by atoms with E-state index in [1.165, 1.54) is 3.97 Å². The Morgan fingerprint density at radius 3 is 2.65 bits per heavy atom. The van der Waals surface area contributed by atoms with Crippen LogP contribution < -0.4 is 0 Å². The molecular formula is C18H21NO3S. The molecule has 1 aromatic carbocycles. The third kappa shape index (κ3) is 2.35. The van der Waals surface area contributed by atoms with Crippen molar-refractivity contribution in [2.45, 2.75) is 38.5 Å². The van der Waals surface area contributed by atoms with Crippen molar-refractivity contribution >= 4 is 20.9 Å². The summed E-state index contributed by atoms with van der Waals surface area (Å²) in [6.07, 6.45) is 7.72. The summed E-state index contributed by atoms with van der Waals surface area (Å²) < 4.78 is 27.0. The number of aryl methyl sites for hydroxylation is 1. The van der Waals surface area contributed by atoms with Crippen LogP contribution in [0.1, 0.15) is 31.4 Å². The van der Waals surface area contributed by atoms with E-state index in [0.29, 0.717) is 11.9 Å². The Morgan fingerprint density at radius 1 is 1.26 bits per heavy atom. The van der Waals surface area contributed by atoms with E-state index in [1.807, 2.05) is 44.2 Å². The Hall–Kier alpha value is -1.85. The molecule has 1 aliphatic carbocycles. The van der Waals surface area contributed by atoms with Crippen LogP contribution in [0.5, 0.6) is 0 Å². The average Bonchev–Trinajstić information content (AvgIpc) is 2.94. The summed E-state index contributed by atoms with van der Waals surface area (Å²) in [5, 5.41) is 10.3. The molecule has 3 rings (SSSR count). The first-order valence-corrected chi connectivity index (χ1v) is 9.06. The summed E-state index contributed by atoms with van der Waals surface area (Å²) in [5.41, 5.74) is 3.21. The van der Waals surface area contributed by atoms with Crippen LogP contribution >= 0.6 is 0 Å². The van der Waals surface area contributed by atoms with Crippen molar-refractivity contribution in [1.29, 1.82) is 0 Å². The predicted molar refractivity (Wildman–Crippen MR) is 92.8 cm³/mol. The highest BCUT2D eigenvalue weighted by Gasteiger charge is 2.39. The Bertz CT molecular complexity index is 935. The first-order valence-electron chi connectivity index (χ1n) is 7.62. The van der Waals surface area contributed by atoms with Gasteiger partial charge >= 0.3 is 0 Å². The lowest BCUT2D eigenvalue weighted by molar-refractivity contribution is 0.283. The van der Waals surface area contributed by atoms with Gasteiger partial charge in [0.25, 0.3) is 0 Å². The number of allylic oxidation sites excluding steroid dienone is 3. The fourth-order valence-electron chi connectivity index (χ4n) is 3.26. The quantitative estimate of drug-likeness (QED) is 0.939. The summed E-state index contributed by atoms with van der Waals surface area (Å²) in [6, 6.07) is 5.46. The molecule has 0 fully saturated rings. The SMILES string of the molecule is CC1=CC(C)(S(=O)(=O)n2ccc3c(CO)ccc(C)c32)CC=C1. The molecule has 1 aliphatic rings. The Labute approximate surface area is 136 Å². The highest BCUT2D eigenvalue weighted by Crippen LogP contribution is 2.34. The molecule has 1 heterocycles. The van der Waals surface area contributed by atoms with Crippen LogP contribution in [-0.4, -0.2) is 22.2 Å². The fourth-order valence-corrected chi connectivity index (χ4v) is 5.06. The predicted octanol–water partition coefficient (Wildman–Crippen LogP) is 3.28. The van der Waals surface area contributed by atoms with Crippen molar-refractivity contribution < 1.29 is 13.5 Å². The minimum atomic E-state index is -3.62. The molecule has 122 valence electrons. The molecule has 0 bridgehead atoms. The molecule has 0 amide bonds. The number of hydrogen-bond donors (Lipinski definition) is 1. The minimum Gasteiger partial charge on any atom is -0.392 e. The normalized spacial score (nSPS) is 21.7. The van der Waals surface area contributed by atoms with Gasteiger partial charge in [-0.25, -0.2) is 12.4 Å². The lowest BCUT2D eigenvalue weighted by atomic mass is 9.98. The summed E-state index contributed by atoms with van der Waals surface area (Å²) in [6.45, 7) is 5.44. The van der Waals surface area contributed by atoms with Crippen LogP contribution in [0, 0.1) is 6.92 Å². The molecule has 0 radical (unpaired) electrons. The largest absolute Gasteiger partial charge is 0.392 e. The lowest BCUT2D eigenvalue weighted by Gasteiger charge is -2.28. The van der Waals surface area contributed by atoms with Crippen molar-refractivity contribution in [1.82, 2.24) is 3.97 Å². The van der Waals surface area contributed by atoms with Gasteiger partial charge in [-0.15, -0.1) is 0 Å². The van der Waals surface area contributed by atoms with Gasteiger partial charge in [0.1, 0.15) is 4.75 Å². The molecule has 5 heteroatoms. The van der Waals surface area contributed by atoms with Crippen LogP contribution in [0.3, 0.4) is 0 Å². The van der Waals surface area contributed by atoms with Gasteiger partial charge in [0.05, 0.1) is 12.1 Å². The maximum Gasteiger partial charge on any atom is 0.248 e. The molecule has 0 spiro atoms. The van der Waals surface area contributed by atoms with Gasteiger partial charge in [0.15, 0.2) is 0 Å². The topological polar surface area (TPSA) is 59.3 Å². The van der Waals surface area contributed by atoms with Crippen LogP contribution in [-0.2, 0) is 16.6 Å². The zero-order valence-corrected chi connectivity index (χ0v) is 14.4. The van der Waals surface area contributed by atoms with Crippen molar-refractivity contribution in [2.75, 3.05) is 0 Å². The minimum absolute atomic E-state index is 0.111. The van der Waals surface area contributed by atoms with Crippen molar-refractivity contribution in [3.8, 4) is 0 Å². The van der Waals surface area contributed by atoms with E-state index >= 15 is 0 Å². The second-order valence-corrected chi connectivity index (χ2v) is 8.66. The molecule has 1 N–H and O–H groups in total. The first-order chi connectivity index (χ1) is 10.8. The number of aliphatic hydroxyl groups excluding tert-OH is 1. The number of aromatic nitrogens is 1. The Kier molecular flexibility index (Phi) is 3.73. The van der Waals surface area contributed by atoms with E-state index in [9.17, 15) is 13.5 Å². The maximum atomic E-state index is 13.3. The summed E-state index contributed by atoms with van der Waals surface area (Å²) in [4.78, 5) is 0. The van der Waals surface area contributed by atoms with Crippen LogP contribution in [0.25, 0.3) is 10.9 Å². The number of aliphatic hydroxyl groups is 1. The standard InChI is InChI=1S/C18H21NO3S/c1-13-5-4-9-18(3,11-13)23(21,22)19-10-8-16-15(12-20)7-6-14(2)17(16)19/h4-8,10-11,20H,9,12H2,1-3H3. The van der Waals surface area contributed by atoms with E-state index in [4.69, 9.17) is 0 Å². The number of hydrogen-bond acceptors (Lipinski definition) is 3. The average molecular weight is 331 g/mol. The van der Waals surface area contributed by atoms with Gasteiger partial charge in [-0.1, -0.05) is 35.9 Å². The van der Waals surface area contributed by atoms with Gasteiger partial charge in [-0.2, -0.15) is 0 Å². The van der Waals surface area contributed by atoms with Crippen LogP contribution in [0.15, 0.2) is 48.2 Å². The molecule has 2 aromatic rings. The number of benzene rings is 1. The zero-order chi connectivity index (χ0) is 16.8. The van der Waals surface area contributed by atoms with E-state index in [1.54, 1.807) is 19.2 Å². The molecule has 23 heavy (non-hydrogen) atoms. The van der Waals surface area contributed by atoms with E-state index in [0.717, 1.165) is 22.1 Å². The van der Waals surface area contributed by atoms with E-state index in [2.05, 4.69) is 0 Å². The maximum absolute atomic E-state index is 13.3.